The first kappa shape index (κ1) is 26.6. The van der Waals surface area contributed by atoms with Crippen LogP contribution in [0.2, 0.25) is 0 Å². The van der Waals surface area contributed by atoms with E-state index in [1.54, 1.807) is 21.8 Å². The van der Waals surface area contributed by atoms with Gasteiger partial charge in [-0.05, 0) is 30.0 Å². The Hall–Kier alpha value is -4.59. The summed E-state index contributed by atoms with van der Waals surface area (Å²) in [4.78, 5) is 29.0. The lowest BCUT2D eigenvalue weighted by Crippen LogP contribution is -2.55. The highest BCUT2D eigenvalue weighted by Crippen LogP contribution is 2.38. The molecule has 4 aromatic rings. The zero-order valence-electron chi connectivity index (χ0n) is 22.7. The van der Waals surface area contributed by atoms with Gasteiger partial charge in [-0.1, -0.05) is 85.6 Å². The number of para-hydroxylation sites is 1. The molecule has 7 nitrogen and oxygen atoms in total. The van der Waals surface area contributed by atoms with Crippen molar-refractivity contribution in [1.29, 1.82) is 0 Å². The molecular formula is C33H32FN3O4. The molecule has 1 amide bonds. The number of nitrogens with zero attached hydrogens (tertiary/aromatic N) is 3. The molecule has 3 aromatic carbocycles. The van der Waals surface area contributed by atoms with E-state index >= 15 is 4.39 Å². The van der Waals surface area contributed by atoms with E-state index in [4.69, 9.17) is 9.47 Å². The Morgan fingerprint density at radius 1 is 0.854 bits per heavy atom. The average molecular weight is 554 g/mol. The number of hydrogen-bond donors (Lipinski definition) is 0. The molecule has 0 saturated carbocycles. The second kappa shape index (κ2) is 11.9. The highest BCUT2D eigenvalue weighted by atomic mass is 19.1. The molecule has 1 unspecified atom stereocenters. The minimum atomic E-state index is -0.526. The average Bonchev–Trinajstić information content (AvgIpc) is 3.01. The molecule has 0 N–H and O–H groups in total. The molecule has 2 aliphatic heterocycles. The summed E-state index contributed by atoms with van der Waals surface area (Å²) in [6, 6.07) is 25.1. The van der Waals surface area contributed by atoms with Crippen LogP contribution in [0.1, 0.15) is 58.9 Å². The van der Waals surface area contributed by atoms with E-state index in [2.05, 4.69) is 0 Å². The molecule has 2 bridgehead atoms. The third-order valence-electron chi connectivity index (χ3n) is 7.62. The number of carbonyl (C=O) groups is 1. The van der Waals surface area contributed by atoms with Crippen LogP contribution < -0.4 is 19.9 Å². The van der Waals surface area contributed by atoms with Crippen LogP contribution in [0.25, 0.3) is 0 Å². The van der Waals surface area contributed by atoms with Crippen molar-refractivity contribution in [3.8, 4) is 11.5 Å². The van der Waals surface area contributed by atoms with Crippen LogP contribution in [-0.4, -0.2) is 35.3 Å². The first-order valence-corrected chi connectivity index (χ1v) is 14.1. The Morgan fingerprint density at radius 3 is 2.41 bits per heavy atom. The number of hydrogen-bond acceptors (Lipinski definition) is 5. The van der Waals surface area contributed by atoms with E-state index in [-0.39, 0.29) is 41.8 Å². The SMILES string of the molecule is O=C1c2c(OCc3ccccc3)c(=O)ccn2N2CN1CCCCCCOc1c(F)cccc1C2c1ccccc1. The minimum Gasteiger partial charge on any atom is -0.490 e. The van der Waals surface area contributed by atoms with Gasteiger partial charge in [-0.2, -0.15) is 0 Å². The predicted octanol–water partition coefficient (Wildman–Crippen LogP) is 5.66. The molecule has 210 valence electrons. The lowest BCUT2D eigenvalue weighted by molar-refractivity contribution is 0.0673. The highest BCUT2D eigenvalue weighted by Gasteiger charge is 2.38. The quantitative estimate of drug-likeness (QED) is 0.326. The van der Waals surface area contributed by atoms with Gasteiger partial charge in [0, 0.05) is 24.4 Å². The van der Waals surface area contributed by atoms with Crippen LogP contribution in [0.3, 0.4) is 0 Å². The van der Waals surface area contributed by atoms with Crippen molar-refractivity contribution in [2.24, 2.45) is 0 Å². The number of rotatable bonds is 4. The normalized spacial score (nSPS) is 17.3. The molecule has 1 atom stereocenters. The van der Waals surface area contributed by atoms with E-state index in [9.17, 15) is 9.59 Å². The maximum atomic E-state index is 15.4. The number of carbonyl (C=O) groups excluding carboxylic acids is 1. The third kappa shape index (κ3) is 5.42. The van der Waals surface area contributed by atoms with Gasteiger partial charge in [-0.3, -0.25) is 19.3 Å². The summed E-state index contributed by atoms with van der Waals surface area (Å²) in [6.07, 6.45) is 5.00. The fraction of sp³-hybridized carbons (Fsp3) is 0.273. The molecule has 8 heteroatoms. The van der Waals surface area contributed by atoms with Crippen LogP contribution in [0.5, 0.6) is 11.5 Å². The Balaban J connectivity index is 1.54. The highest BCUT2D eigenvalue weighted by molar-refractivity contribution is 5.96. The van der Waals surface area contributed by atoms with Crippen molar-refractivity contribution in [3.63, 3.8) is 0 Å². The summed E-state index contributed by atoms with van der Waals surface area (Å²) in [7, 11) is 0. The number of ether oxygens (including phenoxy) is 2. The largest absolute Gasteiger partial charge is 0.490 e. The van der Waals surface area contributed by atoms with E-state index in [0.717, 1.165) is 36.8 Å². The number of pyridine rings is 1. The molecular weight excluding hydrogens is 521 g/mol. The van der Waals surface area contributed by atoms with Gasteiger partial charge < -0.3 is 14.4 Å². The molecule has 0 radical (unpaired) electrons. The van der Waals surface area contributed by atoms with Crippen LogP contribution in [0, 0.1) is 5.82 Å². The van der Waals surface area contributed by atoms with Gasteiger partial charge >= 0.3 is 0 Å². The lowest BCUT2D eigenvalue weighted by Gasteiger charge is -2.44. The monoisotopic (exact) mass is 553 g/mol. The molecule has 0 fully saturated rings. The third-order valence-corrected chi connectivity index (χ3v) is 7.62. The second-order valence-corrected chi connectivity index (χ2v) is 10.4. The zero-order chi connectivity index (χ0) is 28.2. The van der Waals surface area contributed by atoms with Gasteiger partial charge in [-0.15, -0.1) is 0 Å². The molecule has 6 rings (SSSR count). The molecule has 2 aliphatic rings. The topological polar surface area (TPSA) is 64.0 Å². The molecule has 1 aromatic heterocycles. The fourth-order valence-electron chi connectivity index (χ4n) is 5.60. The van der Waals surface area contributed by atoms with Gasteiger partial charge in [0.15, 0.2) is 23.0 Å². The van der Waals surface area contributed by atoms with E-state index in [0.29, 0.717) is 18.7 Å². The van der Waals surface area contributed by atoms with Crippen molar-refractivity contribution in [2.75, 3.05) is 24.8 Å². The molecule has 41 heavy (non-hydrogen) atoms. The molecule has 0 spiro atoms. The van der Waals surface area contributed by atoms with Crippen LogP contribution in [0.4, 0.5) is 4.39 Å². The summed E-state index contributed by atoms with van der Waals surface area (Å²) >= 11 is 0. The zero-order valence-corrected chi connectivity index (χ0v) is 22.7. The molecule has 0 aliphatic carbocycles. The van der Waals surface area contributed by atoms with E-state index in [1.165, 1.54) is 12.1 Å². The number of halogens is 1. The summed E-state index contributed by atoms with van der Waals surface area (Å²) in [5.74, 6) is -0.496. The first-order valence-electron chi connectivity index (χ1n) is 14.1. The van der Waals surface area contributed by atoms with E-state index < -0.39 is 11.9 Å². The van der Waals surface area contributed by atoms with Crippen molar-refractivity contribution >= 4 is 5.91 Å². The number of fused-ring (bicyclic) bond motifs is 5. The van der Waals surface area contributed by atoms with Crippen molar-refractivity contribution in [1.82, 2.24) is 9.58 Å². The van der Waals surface area contributed by atoms with Crippen molar-refractivity contribution < 1.29 is 18.7 Å². The maximum Gasteiger partial charge on any atom is 0.277 e. The van der Waals surface area contributed by atoms with E-state index in [1.807, 2.05) is 71.7 Å². The summed E-state index contributed by atoms with van der Waals surface area (Å²) in [6.45, 7) is 1.31. The van der Waals surface area contributed by atoms with Gasteiger partial charge in [-0.25, -0.2) is 4.39 Å². The molecule has 0 saturated heterocycles. The maximum absolute atomic E-state index is 15.4. The van der Waals surface area contributed by atoms with Crippen LogP contribution in [0.15, 0.2) is 95.9 Å². The summed E-state index contributed by atoms with van der Waals surface area (Å²) in [5.41, 5.74) is 2.21. The van der Waals surface area contributed by atoms with Gasteiger partial charge in [0.1, 0.15) is 19.3 Å². The minimum absolute atomic E-state index is 0.00268. The Bertz CT molecular complexity index is 1570. The molecule has 3 heterocycles. The first-order chi connectivity index (χ1) is 20.1. The number of aromatic nitrogens is 1. The standard InChI is InChI=1S/C33H32FN3O4/c34-27-17-11-16-26-29(25-14-7-4-8-15-25)37-23-35(19-9-1-2-10-21-40-31(26)27)33(39)30-32(28(38)18-20-36(30)37)41-22-24-12-5-3-6-13-24/h3-8,11-18,20,29H,1-2,9-10,19,21-23H2. The Kier molecular flexibility index (Phi) is 7.71. The van der Waals surface area contributed by atoms with Crippen LogP contribution >= 0.6 is 0 Å². The van der Waals surface area contributed by atoms with Crippen LogP contribution in [-0.2, 0) is 6.61 Å². The Labute approximate surface area is 238 Å². The lowest BCUT2D eigenvalue weighted by atomic mass is 9.96. The number of amides is 1. The smallest absolute Gasteiger partial charge is 0.277 e. The van der Waals surface area contributed by atoms with Gasteiger partial charge in [0.25, 0.3) is 5.91 Å². The van der Waals surface area contributed by atoms with Gasteiger partial charge in [0.2, 0.25) is 5.43 Å². The summed E-state index contributed by atoms with van der Waals surface area (Å²) in [5, 5.41) is 1.99. The second-order valence-electron chi connectivity index (χ2n) is 10.4. The van der Waals surface area contributed by atoms with Crippen molar-refractivity contribution in [3.05, 3.63) is 130 Å². The van der Waals surface area contributed by atoms with Gasteiger partial charge in [0.05, 0.1) is 6.61 Å². The summed E-state index contributed by atoms with van der Waals surface area (Å²) < 4.78 is 29.2. The Morgan fingerprint density at radius 2 is 1.61 bits per heavy atom. The van der Waals surface area contributed by atoms with Crippen molar-refractivity contribution in [2.45, 2.75) is 38.3 Å². The fourth-order valence-corrected chi connectivity index (χ4v) is 5.60. The number of benzene rings is 3. The predicted molar refractivity (Wildman–Crippen MR) is 154 cm³/mol.